The van der Waals surface area contributed by atoms with E-state index in [0.29, 0.717) is 24.0 Å². The lowest BCUT2D eigenvalue weighted by Gasteiger charge is -2.25. The van der Waals surface area contributed by atoms with Crippen LogP contribution in [-0.4, -0.2) is 38.6 Å². The number of anilines is 2. The molecule has 0 aliphatic carbocycles. The Morgan fingerprint density at radius 3 is 2.33 bits per heavy atom. The van der Waals surface area contributed by atoms with Crippen molar-refractivity contribution in [1.29, 1.82) is 0 Å². The normalized spacial score (nSPS) is 12.7. The zero-order valence-electron chi connectivity index (χ0n) is 15.7. The van der Waals surface area contributed by atoms with Crippen LogP contribution in [0.4, 0.5) is 16.2 Å². The maximum Gasteiger partial charge on any atom is 0.412 e. The molecule has 6 nitrogen and oxygen atoms in total. The third kappa shape index (κ3) is 6.66. The fourth-order valence-electron chi connectivity index (χ4n) is 2.07. The molecule has 1 aromatic rings. The number of carbonyl (C=O) groups excluding carboxylic acids is 1. The highest BCUT2D eigenvalue weighted by atomic mass is 16.6. The van der Waals surface area contributed by atoms with Crippen molar-refractivity contribution >= 4 is 17.5 Å². The summed E-state index contributed by atoms with van der Waals surface area (Å²) in [6.45, 7) is 10.3. The first-order valence-corrected chi connectivity index (χ1v) is 8.09. The topological polar surface area (TPSA) is 68.8 Å². The molecule has 136 valence electrons. The molecule has 6 heteroatoms. The van der Waals surface area contributed by atoms with Crippen LogP contribution in [0.15, 0.2) is 18.2 Å². The summed E-state index contributed by atoms with van der Waals surface area (Å²) in [4.78, 5) is 12.1. The maximum absolute atomic E-state index is 12.1. The third-order valence-electron chi connectivity index (χ3n) is 3.35. The average Bonchev–Trinajstić information content (AvgIpc) is 2.46. The third-order valence-corrected chi connectivity index (χ3v) is 3.35. The van der Waals surface area contributed by atoms with E-state index < -0.39 is 11.7 Å². The highest BCUT2D eigenvalue weighted by molar-refractivity contribution is 5.90. The van der Waals surface area contributed by atoms with Gasteiger partial charge in [0.05, 0.1) is 31.1 Å². The summed E-state index contributed by atoms with van der Waals surface area (Å²) >= 11 is 0. The second kappa shape index (κ2) is 8.78. The molecule has 1 atom stereocenters. The molecule has 0 aliphatic heterocycles. The van der Waals surface area contributed by atoms with Gasteiger partial charge in [0.2, 0.25) is 0 Å². The molecule has 2 N–H and O–H groups in total. The van der Waals surface area contributed by atoms with Crippen LogP contribution in [0.5, 0.6) is 5.75 Å². The molecular formula is C18H30N2O4. The molecule has 0 bridgehead atoms. The van der Waals surface area contributed by atoms with Gasteiger partial charge in [-0.3, -0.25) is 5.32 Å². The highest BCUT2D eigenvalue weighted by Gasteiger charge is 2.19. The highest BCUT2D eigenvalue weighted by Crippen LogP contribution is 2.29. The van der Waals surface area contributed by atoms with Gasteiger partial charge in [-0.25, -0.2) is 4.79 Å². The van der Waals surface area contributed by atoms with Crippen LogP contribution < -0.4 is 15.4 Å². The summed E-state index contributed by atoms with van der Waals surface area (Å²) < 4.78 is 15.9. The van der Waals surface area contributed by atoms with Crippen LogP contribution in [0.3, 0.4) is 0 Å². The van der Waals surface area contributed by atoms with Crippen molar-refractivity contribution in [3.8, 4) is 5.75 Å². The Morgan fingerprint density at radius 1 is 1.17 bits per heavy atom. The number of benzene rings is 1. The number of hydrogen-bond donors (Lipinski definition) is 2. The molecule has 0 heterocycles. The van der Waals surface area contributed by atoms with Gasteiger partial charge in [0.15, 0.2) is 0 Å². The molecule has 1 rings (SSSR count). The van der Waals surface area contributed by atoms with Crippen molar-refractivity contribution in [3.05, 3.63) is 18.2 Å². The average molecular weight is 338 g/mol. The first kappa shape index (κ1) is 20.1. The second-order valence-electron chi connectivity index (χ2n) is 6.99. The van der Waals surface area contributed by atoms with Gasteiger partial charge < -0.3 is 19.5 Å². The van der Waals surface area contributed by atoms with Crippen LogP contribution in [0, 0.1) is 5.92 Å². The van der Waals surface area contributed by atoms with Crippen LogP contribution >= 0.6 is 0 Å². The summed E-state index contributed by atoms with van der Waals surface area (Å²) in [5, 5.41) is 6.20. The Bertz CT molecular complexity index is 538. The Morgan fingerprint density at radius 2 is 1.83 bits per heavy atom. The molecule has 0 fully saturated rings. The molecular weight excluding hydrogens is 308 g/mol. The van der Waals surface area contributed by atoms with E-state index in [1.807, 2.05) is 26.8 Å². The summed E-state index contributed by atoms with van der Waals surface area (Å²) in [5.41, 5.74) is 0.837. The maximum atomic E-state index is 12.1. The number of hydrogen-bond acceptors (Lipinski definition) is 5. The lowest BCUT2D eigenvalue weighted by molar-refractivity contribution is 0.0636. The Labute approximate surface area is 144 Å². The van der Waals surface area contributed by atoms with Crippen LogP contribution in [0.1, 0.15) is 34.6 Å². The number of ether oxygens (including phenoxy) is 3. The zero-order chi connectivity index (χ0) is 18.3. The van der Waals surface area contributed by atoms with Gasteiger partial charge in [0.1, 0.15) is 11.4 Å². The van der Waals surface area contributed by atoms with Crippen molar-refractivity contribution in [2.75, 3.05) is 31.5 Å². The molecule has 1 aromatic carbocycles. The van der Waals surface area contributed by atoms with Gasteiger partial charge >= 0.3 is 6.09 Å². The minimum Gasteiger partial charge on any atom is -0.497 e. The van der Waals surface area contributed by atoms with E-state index in [0.717, 1.165) is 5.69 Å². The van der Waals surface area contributed by atoms with E-state index >= 15 is 0 Å². The standard InChI is InChI=1S/C18H30N2O4/c1-12(2)16(11-22-6)19-15-10-13(23-7)8-9-14(15)20-17(21)24-18(3,4)5/h8-10,12,16,19H,11H2,1-7H3,(H,20,21). The molecule has 0 aromatic heterocycles. The summed E-state index contributed by atoms with van der Waals surface area (Å²) in [7, 11) is 3.28. The van der Waals surface area contributed by atoms with Crippen LogP contribution in [0.25, 0.3) is 0 Å². The largest absolute Gasteiger partial charge is 0.497 e. The molecule has 0 radical (unpaired) electrons. The smallest absolute Gasteiger partial charge is 0.412 e. The zero-order valence-corrected chi connectivity index (χ0v) is 15.7. The number of methoxy groups -OCH3 is 2. The summed E-state index contributed by atoms with van der Waals surface area (Å²) in [5.74, 6) is 1.05. The molecule has 0 saturated carbocycles. The van der Waals surface area contributed by atoms with E-state index in [1.165, 1.54) is 0 Å². The first-order valence-electron chi connectivity index (χ1n) is 8.09. The molecule has 1 amide bonds. The second-order valence-corrected chi connectivity index (χ2v) is 6.99. The minimum absolute atomic E-state index is 0.0984. The van der Waals surface area contributed by atoms with Gasteiger partial charge in [0.25, 0.3) is 0 Å². The molecule has 1 unspecified atom stereocenters. The SMILES string of the molecule is COCC(Nc1cc(OC)ccc1NC(=O)OC(C)(C)C)C(C)C. The van der Waals surface area contributed by atoms with Gasteiger partial charge in [0, 0.05) is 13.2 Å². The molecule has 0 spiro atoms. The van der Waals surface area contributed by atoms with E-state index in [1.54, 1.807) is 26.4 Å². The molecule has 24 heavy (non-hydrogen) atoms. The number of carbonyl (C=O) groups is 1. The molecule has 0 saturated heterocycles. The Kier molecular flexibility index (Phi) is 7.35. The summed E-state index contributed by atoms with van der Waals surface area (Å²) in [6, 6.07) is 5.52. The Balaban J connectivity index is 3.01. The first-order chi connectivity index (χ1) is 11.2. The monoisotopic (exact) mass is 338 g/mol. The van der Waals surface area contributed by atoms with E-state index in [-0.39, 0.29) is 6.04 Å². The summed E-state index contributed by atoms with van der Waals surface area (Å²) in [6.07, 6.45) is -0.497. The Hall–Kier alpha value is -1.95. The van der Waals surface area contributed by atoms with Gasteiger partial charge in [-0.2, -0.15) is 0 Å². The predicted octanol–water partition coefficient (Wildman–Crippen LogP) is 4.13. The molecule has 0 aliphatic rings. The fourth-order valence-corrected chi connectivity index (χ4v) is 2.07. The van der Waals surface area contributed by atoms with Crippen molar-refractivity contribution in [3.63, 3.8) is 0 Å². The van der Waals surface area contributed by atoms with Crippen molar-refractivity contribution < 1.29 is 19.0 Å². The van der Waals surface area contributed by atoms with E-state index in [9.17, 15) is 4.79 Å². The van der Waals surface area contributed by atoms with Crippen LogP contribution in [-0.2, 0) is 9.47 Å². The lowest BCUT2D eigenvalue weighted by Crippen LogP contribution is -2.31. The van der Waals surface area contributed by atoms with Crippen LogP contribution in [0.2, 0.25) is 0 Å². The number of nitrogens with one attached hydrogen (secondary N) is 2. The number of amides is 1. The fraction of sp³-hybridized carbons (Fsp3) is 0.611. The van der Waals surface area contributed by atoms with Gasteiger partial charge in [-0.15, -0.1) is 0 Å². The van der Waals surface area contributed by atoms with E-state index in [2.05, 4.69) is 24.5 Å². The van der Waals surface area contributed by atoms with Crippen molar-refractivity contribution in [2.45, 2.75) is 46.3 Å². The van der Waals surface area contributed by atoms with E-state index in [4.69, 9.17) is 14.2 Å². The number of rotatable bonds is 7. The predicted molar refractivity (Wildman–Crippen MR) is 97.0 cm³/mol. The van der Waals surface area contributed by atoms with Crippen molar-refractivity contribution in [1.82, 2.24) is 0 Å². The van der Waals surface area contributed by atoms with Crippen molar-refractivity contribution in [2.24, 2.45) is 5.92 Å². The minimum atomic E-state index is -0.555. The van der Waals surface area contributed by atoms with Gasteiger partial charge in [-0.1, -0.05) is 13.8 Å². The quantitative estimate of drug-likeness (QED) is 0.782. The van der Waals surface area contributed by atoms with Gasteiger partial charge in [-0.05, 0) is 38.8 Å². The lowest BCUT2D eigenvalue weighted by atomic mass is 10.0.